The SMILES string of the molecule is C1=c2ccccc2=c2ccccc2=C(c2cccs2)N1. The fourth-order valence-electron chi connectivity index (χ4n) is 2.66. The number of benzene rings is 2. The second-order valence-corrected chi connectivity index (χ2v) is 5.72. The highest BCUT2D eigenvalue weighted by atomic mass is 32.1. The number of rotatable bonds is 1. The van der Waals surface area contributed by atoms with Crippen LogP contribution in [0.4, 0.5) is 0 Å². The van der Waals surface area contributed by atoms with Crippen molar-refractivity contribution in [1.29, 1.82) is 0 Å². The van der Waals surface area contributed by atoms with Crippen LogP contribution in [-0.2, 0) is 0 Å². The van der Waals surface area contributed by atoms with E-state index in [-0.39, 0.29) is 0 Å². The minimum Gasteiger partial charge on any atom is -0.359 e. The molecular formula is C18H13NS. The number of fused-ring (bicyclic) bond motifs is 2. The molecule has 0 atom stereocenters. The Morgan fingerprint density at radius 1 is 0.700 bits per heavy atom. The molecule has 1 N–H and O–H groups in total. The molecule has 1 aliphatic heterocycles. The molecule has 0 saturated carbocycles. The van der Waals surface area contributed by atoms with Gasteiger partial charge in [-0.3, -0.25) is 0 Å². The maximum atomic E-state index is 3.50. The van der Waals surface area contributed by atoms with Crippen molar-refractivity contribution in [3.8, 4) is 0 Å². The predicted octanol–water partition coefficient (Wildman–Crippen LogP) is 2.53. The Morgan fingerprint density at radius 2 is 1.45 bits per heavy atom. The van der Waals surface area contributed by atoms with E-state index in [0.29, 0.717) is 0 Å². The molecule has 0 amide bonds. The van der Waals surface area contributed by atoms with Crippen LogP contribution in [0, 0.1) is 10.4 Å². The van der Waals surface area contributed by atoms with Crippen molar-refractivity contribution in [3.05, 3.63) is 91.8 Å². The monoisotopic (exact) mass is 275 g/mol. The number of hydrogen-bond donors (Lipinski definition) is 1. The summed E-state index contributed by atoms with van der Waals surface area (Å²) < 4.78 is 0. The summed E-state index contributed by atoms with van der Waals surface area (Å²) in [5.74, 6) is 0. The second-order valence-electron chi connectivity index (χ2n) is 4.77. The lowest BCUT2D eigenvalue weighted by Gasteiger charge is -2.04. The maximum Gasteiger partial charge on any atom is 0.0634 e. The molecule has 0 saturated heterocycles. The van der Waals surface area contributed by atoms with Gasteiger partial charge in [-0.15, -0.1) is 11.3 Å². The largest absolute Gasteiger partial charge is 0.359 e. The first-order valence-corrected chi connectivity index (χ1v) is 7.51. The zero-order chi connectivity index (χ0) is 13.4. The topological polar surface area (TPSA) is 12.0 Å². The van der Waals surface area contributed by atoms with Crippen molar-refractivity contribution >= 4 is 23.2 Å². The molecule has 1 aliphatic rings. The molecule has 0 unspecified atom stereocenters. The molecule has 96 valence electrons. The van der Waals surface area contributed by atoms with E-state index < -0.39 is 0 Å². The van der Waals surface area contributed by atoms with Gasteiger partial charge in [0.25, 0.3) is 0 Å². The van der Waals surface area contributed by atoms with Gasteiger partial charge in [0, 0.05) is 11.4 Å². The summed E-state index contributed by atoms with van der Waals surface area (Å²) in [5, 5.41) is 10.7. The molecule has 2 aromatic carbocycles. The van der Waals surface area contributed by atoms with Gasteiger partial charge in [-0.25, -0.2) is 0 Å². The zero-order valence-electron chi connectivity index (χ0n) is 10.8. The molecule has 0 fully saturated rings. The first kappa shape index (κ1) is 11.5. The van der Waals surface area contributed by atoms with Gasteiger partial charge < -0.3 is 5.32 Å². The van der Waals surface area contributed by atoms with Crippen molar-refractivity contribution in [2.45, 2.75) is 0 Å². The Balaban J connectivity index is 2.28. The van der Waals surface area contributed by atoms with Gasteiger partial charge in [-0.1, -0.05) is 54.6 Å². The van der Waals surface area contributed by atoms with Crippen molar-refractivity contribution in [2.24, 2.45) is 0 Å². The smallest absolute Gasteiger partial charge is 0.0634 e. The summed E-state index contributed by atoms with van der Waals surface area (Å²) in [5.41, 5.74) is 1.19. The average molecular weight is 275 g/mol. The molecule has 1 aromatic heterocycles. The van der Waals surface area contributed by atoms with Crippen molar-refractivity contribution in [2.75, 3.05) is 0 Å². The molecule has 4 rings (SSSR count). The molecule has 2 heteroatoms. The van der Waals surface area contributed by atoms with Gasteiger partial charge >= 0.3 is 0 Å². The highest BCUT2D eigenvalue weighted by Crippen LogP contribution is 2.16. The molecule has 0 aliphatic carbocycles. The highest BCUT2D eigenvalue weighted by molar-refractivity contribution is 7.11. The highest BCUT2D eigenvalue weighted by Gasteiger charge is 2.05. The third-order valence-electron chi connectivity index (χ3n) is 3.59. The van der Waals surface area contributed by atoms with E-state index in [0.717, 1.165) is 0 Å². The Bertz CT molecular complexity index is 969. The molecule has 0 spiro atoms. The Morgan fingerprint density at radius 3 is 2.25 bits per heavy atom. The summed E-state index contributed by atoms with van der Waals surface area (Å²) in [6, 6.07) is 21.4. The fraction of sp³-hybridized carbons (Fsp3) is 0. The van der Waals surface area contributed by atoms with Gasteiger partial charge in [0.15, 0.2) is 0 Å². The zero-order valence-corrected chi connectivity index (χ0v) is 11.7. The third-order valence-corrected chi connectivity index (χ3v) is 4.47. The van der Waals surface area contributed by atoms with E-state index in [1.807, 2.05) is 0 Å². The van der Waals surface area contributed by atoms with Crippen molar-refractivity contribution in [1.82, 2.24) is 5.32 Å². The van der Waals surface area contributed by atoms with Gasteiger partial charge in [0.2, 0.25) is 0 Å². The van der Waals surface area contributed by atoms with E-state index in [4.69, 9.17) is 0 Å². The van der Waals surface area contributed by atoms with E-state index in [1.54, 1.807) is 11.3 Å². The molecular weight excluding hydrogens is 262 g/mol. The average Bonchev–Trinajstić information content (AvgIpc) is 2.97. The van der Waals surface area contributed by atoms with E-state index in [2.05, 4.69) is 77.6 Å². The lowest BCUT2D eigenvalue weighted by molar-refractivity contribution is 1.28. The van der Waals surface area contributed by atoms with Crippen LogP contribution in [0.3, 0.4) is 0 Å². The lowest BCUT2D eigenvalue weighted by Crippen LogP contribution is -2.16. The fourth-order valence-corrected chi connectivity index (χ4v) is 3.40. The van der Waals surface area contributed by atoms with Crippen molar-refractivity contribution in [3.63, 3.8) is 0 Å². The van der Waals surface area contributed by atoms with Crippen LogP contribution in [0.25, 0.3) is 11.9 Å². The molecule has 2 heterocycles. The quantitative estimate of drug-likeness (QED) is 0.719. The van der Waals surface area contributed by atoms with E-state index >= 15 is 0 Å². The molecule has 0 radical (unpaired) electrons. The van der Waals surface area contributed by atoms with E-state index in [1.165, 1.54) is 31.4 Å². The van der Waals surface area contributed by atoms with Gasteiger partial charge in [-0.05, 0) is 27.1 Å². The minimum absolute atomic E-state index is 1.19. The first-order chi connectivity index (χ1) is 9.93. The molecule has 3 aromatic rings. The summed E-state index contributed by atoms with van der Waals surface area (Å²) in [4.78, 5) is 1.27. The third kappa shape index (κ3) is 1.77. The van der Waals surface area contributed by atoms with Gasteiger partial charge in [0.1, 0.15) is 0 Å². The number of nitrogens with one attached hydrogen (secondary N) is 1. The van der Waals surface area contributed by atoms with Gasteiger partial charge in [-0.2, -0.15) is 0 Å². The second kappa shape index (κ2) is 4.66. The number of hydrogen-bond acceptors (Lipinski definition) is 2. The summed E-state index contributed by atoms with van der Waals surface area (Å²) in [6.45, 7) is 0. The van der Waals surface area contributed by atoms with Crippen molar-refractivity contribution < 1.29 is 0 Å². The first-order valence-electron chi connectivity index (χ1n) is 6.63. The molecule has 1 nitrogen and oxygen atoms in total. The summed E-state index contributed by atoms with van der Waals surface area (Å²) in [6.07, 6.45) is 2.10. The van der Waals surface area contributed by atoms with Crippen LogP contribution in [0.2, 0.25) is 0 Å². The van der Waals surface area contributed by atoms with E-state index in [9.17, 15) is 0 Å². The summed E-state index contributed by atoms with van der Waals surface area (Å²) in [7, 11) is 0. The number of thiophene rings is 1. The van der Waals surface area contributed by atoms with Crippen LogP contribution in [-0.4, -0.2) is 0 Å². The Kier molecular flexibility index (Phi) is 2.68. The standard InChI is InChI=1S/C18H13NS/c1-2-7-14-13(6-1)12-19-18(17-10-5-11-20-17)16-9-4-3-8-15(14)16/h1-12,19H. The lowest BCUT2D eigenvalue weighted by atomic mass is 10.1. The normalized spacial score (nSPS) is 12.7. The minimum atomic E-state index is 1.19. The van der Waals surface area contributed by atoms with Crippen LogP contribution in [0.1, 0.15) is 4.88 Å². The van der Waals surface area contributed by atoms with Crippen LogP contribution >= 0.6 is 11.3 Å². The van der Waals surface area contributed by atoms with Gasteiger partial charge in [0.05, 0.1) is 10.6 Å². The molecule has 0 bridgehead atoms. The maximum absolute atomic E-state index is 3.50. The summed E-state index contributed by atoms with van der Waals surface area (Å²) >= 11 is 1.76. The Labute approximate surface area is 120 Å². The Hall–Kier alpha value is -2.32. The van der Waals surface area contributed by atoms with Crippen LogP contribution in [0.5, 0.6) is 0 Å². The predicted molar refractivity (Wildman–Crippen MR) is 84.2 cm³/mol. The van der Waals surface area contributed by atoms with Crippen LogP contribution in [0.15, 0.2) is 66.0 Å². The van der Waals surface area contributed by atoms with Crippen LogP contribution < -0.4 is 15.8 Å². The molecule has 20 heavy (non-hydrogen) atoms.